The quantitative estimate of drug-likeness (QED) is 0.444. The Morgan fingerprint density at radius 2 is 1.71 bits per heavy atom. The zero-order chi connectivity index (χ0) is 21.8. The number of methoxy groups -OCH3 is 1. The fraction of sp³-hybridized carbons (Fsp3) is 0.318. The average Bonchev–Trinajstić information content (AvgIpc) is 2.72. The summed E-state index contributed by atoms with van der Waals surface area (Å²) >= 11 is 0. The third-order valence-electron chi connectivity index (χ3n) is 4.92. The van der Waals surface area contributed by atoms with Gasteiger partial charge in [0, 0.05) is 24.2 Å². The molecule has 0 aliphatic heterocycles. The van der Waals surface area contributed by atoms with Gasteiger partial charge in [-0.05, 0) is 31.3 Å². The minimum Gasteiger partial charge on any atom is -0.507 e. The molecule has 0 fully saturated rings. The molecule has 0 saturated carbocycles. The number of rotatable bonds is 8. The topological polar surface area (TPSA) is 113 Å². The van der Waals surface area contributed by atoms with Crippen molar-refractivity contribution in [3.05, 3.63) is 40.6 Å². The lowest BCUT2D eigenvalue weighted by Crippen LogP contribution is -2.27. The average molecular weight is 452 g/mol. The fourth-order valence-electron chi connectivity index (χ4n) is 3.21. The van der Waals surface area contributed by atoms with Crippen molar-refractivity contribution < 1.29 is 29.2 Å². The van der Waals surface area contributed by atoms with Crippen molar-refractivity contribution in [2.75, 3.05) is 33.4 Å². The van der Waals surface area contributed by atoms with Crippen LogP contribution in [0.3, 0.4) is 0 Å². The smallest absolute Gasteiger partial charge is 0.239 e. The molecule has 0 saturated heterocycles. The van der Waals surface area contributed by atoms with Crippen molar-refractivity contribution in [2.45, 2.75) is 13.8 Å². The van der Waals surface area contributed by atoms with E-state index in [4.69, 9.17) is 13.9 Å². The van der Waals surface area contributed by atoms with E-state index in [1.165, 1.54) is 37.4 Å². The molecule has 168 valence electrons. The maximum Gasteiger partial charge on any atom is 0.239 e. The van der Waals surface area contributed by atoms with Gasteiger partial charge in [-0.1, -0.05) is 13.8 Å². The van der Waals surface area contributed by atoms with Gasteiger partial charge in [-0.15, -0.1) is 12.4 Å². The van der Waals surface area contributed by atoms with Crippen LogP contribution in [0.4, 0.5) is 0 Å². The molecule has 0 aliphatic carbocycles. The molecule has 0 aliphatic rings. The van der Waals surface area contributed by atoms with Crippen molar-refractivity contribution in [3.63, 3.8) is 0 Å². The number of fused-ring (bicyclic) bond motifs is 1. The summed E-state index contributed by atoms with van der Waals surface area (Å²) in [6.07, 6.45) is 0. The molecule has 0 amide bonds. The Labute approximate surface area is 185 Å². The van der Waals surface area contributed by atoms with Gasteiger partial charge in [-0.2, -0.15) is 0 Å². The van der Waals surface area contributed by atoms with Crippen LogP contribution in [0.2, 0.25) is 0 Å². The van der Waals surface area contributed by atoms with Crippen molar-refractivity contribution in [3.8, 4) is 40.1 Å². The molecule has 1 aromatic heterocycles. The summed E-state index contributed by atoms with van der Waals surface area (Å²) in [5.74, 6) is -0.656. The first-order valence-corrected chi connectivity index (χ1v) is 9.64. The SMILES string of the molecule is CCN(CC)CCOc1cc(O)c2c(=O)c(OC)c(-c3ccc(O)c(O)c3)oc2c1.Cl. The van der Waals surface area contributed by atoms with Crippen LogP contribution >= 0.6 is 12.4 Å². The lowest BCUT2D eigenvalue weighted by molar-refractivity contribution is 0.222. The summed E-state index contributed by atoms with van der Waals surface area (Å²) in [6, 6.07) is 6.91. The largest absolute Gasteiger partial charge is 0.507 e. The van der Waals surface area contributed by atoms with Crippen LogP contribution in [-0.2, 0) is 0 Å². The van der Waals surface area contributed by atoms with E-state index in [0.717, 1.165) is 19.6 Å². The molecule has 0 radical (unpaired) electrons. The molecule has 1 heterocycles. The molecule has 0 bridgehead atoms. The number of hydrogen-bond donors (Lipinski definition) is 3. The molecular weight excluding hydrogens is 426 g/mol. The van der Waals surface area contributed by atoms with Crippen molar-refractivity contribution in [1.29, 1.82) is 0 Å². The van der Waals surface area contributed by atoms with E-state index in [1.807, 2.05) is 0 Å². The second kappa shape index (κ2) is 10.3. The maximum atomic E-state index is 12.9. The van der Waals surface area contributed by atoms with E-state index >= 15 is 0 Å². The van der Waals surface area contributed by atoms with Gasteiger partial charge in [0.1, 0.15) is 29.1 Å². The van der Waals surface area contributed by atoms with Crippen LogP contribution in [0.1, 0.15) is 13.8 Å². The maximum absolute atomic E-state index is 12.9. The standard InChI is InChI=1S/C22H25NO7.ClH/c1-4-23(5-2)8-9-29-14-11-17(26)19-18(12-14)30-21(22(28-3)20(19)27)13-6-7-15(24)16(25)10-13;/h6-7,10-12,24-26H,4-5,8-9H2,1-3H3;1H. The van der Waals surface area contributed by atoms with Crippen LogP contribution in [0, 0.1) is 0 Å². The van der Waals surface area contributed by atoms with E-state index in [1.54, 1.807) is 0 Å². The first kappa shape index (κ1) is 24.2. The Balaban J connectivity index is 0.00000341. The number of nitrogens with zero attached hydrogens (tertiary/aromatic N) is 1. The van der Waals surface area contributed by atoms with E-state index in [9.17, 15) is 20.1 Å². The third kappa shape index (κ3) is 4.98. The number of phenolic OH excluding ortho intramolecular Hbond substituents is 3. The van der Waals surface area contributed by atoms with Crippen LogP contribution in [0.15, 0.2) is 39.5 Å². The molecule has 0 unspecified atom stereocenters. The molecule has 0 spiro atoms. The van der Waals surface area contributed by atoms with Crippen LogP contribution in [0.5, 0.6) is 28.7 Å². The number of aromatic hydroxyl groups is 3. The molecule has 3 N–H and O–H groups in total. The van der Waals surface area contributed by atoms with Crippen LogP contribution in [-0.4, -0.2) is 53.6 Å². The second-order valence-electron chi connectivity index (χ2n) is 6.69. The van der Waals surface area contributed by atoms with Crippen molar-refractivity contribution >= 4 is 23.4 Å². The van der Waals surface area contributed by atoms with Crippen molar-refractivity contribution in [1.82, 2.24) is 4.90 Å². The molecule has 3 aromatic rings. The van der Waals surface area contributed by atoms with E-state index < -0.39 is 5.43 Å². The highest BCUT2D eigenvalue weighted by Crippen LogP contribution is 2.38. The summed E-state index contributed by atoms with van der Waals surface area (Å²) < 4.78 is 16.8. The minimum absolute atomic E-state index is 0. The summed E-state index contributed by atoms with van der Waals surface area (Å²) in [4.78, 5) is 15.1. The van der Waals surface area contributed by atoms with Gasteiger partial charge in [-0.3, -0.25) is 4.79 Å². The number of likely N-dealkylation sites (N-methyl/N-ethyl adjacent to an activating group) is 1. The number of ether oxygens (including phenoxy) is 2. The van der Waals surface area contributed by atoms with E-state index in [-0.39, 0.29) is 52.1 Å². The normalized spacial score (nSPS) is 10.8. The molecule has 8 nitrogen and oxygen atoms in total. The highest BCUT2D eigenvalue weighted by Gasteiger charge is 2.21. The predicted molar refractivity (Wildman–Crippen MR) is 120 cm³/mol. The Morgan fingerprint density at radius 1 is 1.00 bits per heavy atom. The summed E-state index contributed by atoms with van der Waals surface area (Å²) in [6.45, 7) is 7.06. The van der Waals surface area contributed by atoms with E-state index in [2.05, 4.69) is 18.7 Å². The lowest BCUT2D eigenvalue weighted by atomic mass is 10.1. The number of benzene rings is 2. The molecular formula is C22H26ClNO7. The Hall–Kier alpha value is -3.10. The van der Waals surface area contributed by atoms with Crippen molar-refractivity contribution in [2.24, 2.45) is 0 Å². The summed E-state index contributed by atoms with van der Waals surface area (Å²) in [5, 5.41) is 29.7. The van der Waals surface area contributed by atoms with Gasteiger partial charge in [0.05, 0.1) is 7.11 Å². The van der Waals surface area contributed by atoms with Gasteiger partial charge < -0.3 is 34.1 Å². The third-order valence-corrected chi connectivity index (χ3v) is 4.92. The monoisotopic (exact) mass is 451 g/mol. The molecule has 2 aromatic carbocycles. The second-order valence-corrected chi connectivity index (χ2v) is 6.69. The molecule has 31 heavy (non-hydrogen) atoms. The van der Waals surface area contributed by atoms with Gasteiger partial charge in [0.15, 0.2) is 17.3 Å². The Morgan fingerprint density at radius 3 is 2.32 bits per heavy atom. The fourth-order valence-corrected chi connectivity index (χ4v) is 3.21. The number of halogens is 1. The highest BCUT2D eigenvalue weighted by atomic mass is 35.5. The van der Waals surface area contributed by atoms with Crippen LogP contribution in [0.25, 0.3) is 22.3 Å². The summed E-state index contributed by atoms with van der Waals surface area (Å²) in [5.41, 5.74) is -0.122. The molecule has 0 atom stereocenters. The summed E-state index contributed by atoms with van der Waals surface area (Å²) in [7, 11) is 1.31. The lowest BCUT2D eigenvalue weighted by Gasteiger charge is -2.18. The Kier molecular flexibility index (Phi) is 8.01. The van der Waals surface area contributed by atoms with E-state index in [0.29, 0.717) is 17.9 Å². The predicted octanol–water partition coefficient (Wildman–Crippen LogP) is 3.73. The molecule has 9 heteroatoms. The van der Waals surface area contributed by atoms with Gasteiger partial charge in [-0.25, -0.2) is 0 Å². The first-order valence-electron chi connectivity index (χ1n) is 9.64. The number of hydrogen-bond acceptors (Lipinski definition) is 8. The Bertz CT molecular complexity index is 1110. The highest BCUT2D eigenvalue weighted by molar-refractivity contribution is 5.88. The zero-order valence-corrected chi connectivity index (χ0v) is 18.4. The number of phenols is 3. The van der Waals surface area contributed by atoms with Gasteiger partial charge in [0.2, 0.25) is 11.2 Å². The minimum atomic E-state index is -0.562. The first-order chi connectivity index (χ1) is 14.4. The van der Waals surface area contributed by atoms with Gasteiger partial charge >= 0.3 is 0 Å². The van der Waals surface area contributed by atoms with Crippen LogP contribution < -0.4 is 14.9 Å². The molecule has 3 rings (SSSR count). The zero-order valence-electron chi connectivity index (χ0n) is 17.5. The van der Waals surface area contributed by atoms with Gasteiger partial charge in [0.25, 0.3) is 0 Å².